The Bertz CT molecular complexity index is 428. The molecule has 0 saturated carbocycles. The van der Waals surface area contributed by atoms with Gasteiger partial charge in [-0.25, -0.2) is 8.42 Å². The van der Waals surface area contributed by atoms with E-state index in [1.807, 2.05) is 12.1 Å². The van der Waals surface area contributed by atoms with Crippen LogP contribution in [0.25, 0.3) is 0 Å². The number of sulfonamides is 1. The minimum atomic E-state index is -3.26. The molecule has 1 aromatic rings. The average molecular weight is 276 g/mol. The molecule has 0 aliphatic heterocycles. The summed E-state index contributed by atoms with van der Waals surface area (Å²) in [5, 5.41) is 0. The first-order chi connectivity index (χ1) is 8.07. The molecule has 0 radical (unpaired) electrons. The Morgan fingerprint density at radius 1 is 1.24 bits per heavy atom. The summed E-state index contributed by atoms with van der Waals surface area (Å²) in [6.45, 7) is 2.11. The van der Waals surface area contributed by atoms with E-state index in [4.69, 9.17) is 11.6 Å². The molecular formula is C12H18ClNO2S. The van der Waals surface area contributed by atoms with Gasteiger partial charge in [0.15, 0.2) is 0 Å². The summed E-state index contributed by atoms with van der Waals surface area (Å²) in [5.74, 6) is 0.420. The topological polar surface area (TPSA) is 46.2 Å². The van der Waals surface area contributed by atoms with Crippen molar-refractivity contribution in [2.45, 2.75) is 26.2 Å². The van der Waals surface area contributed by atoms with E-state index >= 15 is 0 Å². The van der Waals surface area contributed by atoms with E-state index in [0.29, 0.717) is 18.0 Å². The fraction of sp³-hybridized carbons (Fsp3) is 0.500. The maximum atomic E-state index is 11.6. The van der Waals surface area contributed by atoms with Crippen LogP contribution in [0.5, 0.6) is 0 Å². The summed E-state index contributed by atoms with van der Waals surface area (Å²) in [6, 6.07) is 7.48. The number of anilines is 1. The van der Waals surface area contributed by atoms with Crippen LogP contribution >= 0.6 is 11.6 Å². The number of nitrogens with one attached hydrogen (secondary N) is 1. The Morgan fingerprint density at radius 3 is 2.41 bits per heavy atom. The summed E-state index contributed by atoms with van der Waals surface area (Å²) < 4.78 is 25.7. The summed E-state index contributed by atoms with van der Waals surface area (Å²) in [4.78, 5) is 0. The second-order valence-corrected chi connectivity index (χ2v) is 6.13. The molecule has 0 heterocycles. The predicted molar refractivity (Wildman–Crippen MR) is 73.2 cm³/mol. The van der Waals surface area contributed by atoms with Crippen molar-refractivity contribution in [2.24, 2.45) is 0 Å². The lowest BCUT2D eigenvalue weighted by molar-refractivity contribution is 0.600. The summed E-state index contributed by atoms with van der Waals surface area (Å²) in [7, 11) is -3.26. The van der Waals surface area contributed by atoms with E-state index in [9.17, 15) is 8.42 Å². The quantitative estimate of drug-likeness (QED) is 0.778. The Kier molecular flexibility index (Phi) is 5.78. The molecule has 1 aromatic carbocycles. The molecule has 96 valence electrons. The number of rotatable bonds is 7. The molecule has 0 spiro atoms. The van der Waals surface area contributed by atoms with Crippen molar-refractivity contribution in [1.29, 1.82) is 0 Å². The Labute approximate surface area is 108 Å². The predicted octanol–water partition coefficient (Wildman–Crippen LogP) is 3.01. The maximum Gasteiger partial charge on any atom is 0.232 e. The first kappa shape index (κ1) is 14.3. The first-order valence-corrected chi connectivity index (χ1v) is 7.91. The fourth-order valence-electron chi connectivity index (χ4n) is 1.50. The van der Waals surface area contributed by atoms with E-state index in [1.165, 1.54) is 5.56 Å². The molecule has 0 fully saturated rings. The normalized spacial score (nSPS) is 11.4. The molecule has 0 atom stereocenters. The Balaban J connectivity index is 2.62. The number of hydrogen-bond acceptors (Lipinski definition) is 2. The highest BCUT2D eigenvalue weighted by Gasteiger charge is 2.09. The van der Waals surface area contributed by atoms with Gasteiger partial charge >= 0.3 is 0 Å². The number of aryl methyl sites for hydroxylation is 1. The zero-order valence-electron chi connectivity index (χ0n) is 9.95. The molecule has 0 unspecified atom stereocenters. The van der Waals surface area contributed by atoms with Crippen LogP contribution in [0.3, 0.4) is 0 Å². The second-order valence-electron chi connectivity index (χ2n) is 3.91. The van der Waals surface area contributed by atoms with Gasteiger partial charge in [0.05, 0.1) is 5.75 Å². The van der Waals surface area contributed by atoms with E-state index in [0.717, 1.165) is 12.8 Å². The van der Waals surface area contributed by atoms with Gasteiger partial charge < -0.3 is 0 Å². The molecule has 3 nitrogen and oxygen atoms in total. The number of alkyl halides is 1. The summed E-state index contributed by atoms with van der Waals surface area (Å²) >= 11 is 5.47. The largest absolute Gasteiger partial charge is 0.284 e. The van der Waals surface area contributed by atoms with Crippen LogP contribution in [0.4, 0.5) is 5.69 Å². The van der Waals surface area contributed by atoms with Gasteiger partial charge in [-0.15, -0.1) is 11.6 Å². The lowest BCUT2D eigenvalue weighted by Crippen LogP contribution is -2.16. The molecule has 0 amide bonds. The van der Waals surface area contributed by atoms with Crippen molar-refractivity contribution in [3.8, 4) is 0 Å². The van der Waals surface area contributed by atoms with Crippen molar-refractivity contribution in [1.82, 2.24) is 0 Å². The van der Waals surface area contributed by atoms with Crippen LogP contribution in [-0.2, 0) is 16.4 Å². The highest BCUT2D eigenvalue weighted by Crippen LogP contribution is 2.13. The summed E-state index contributed by atoms with van der Waals surface area (Å²) in [6.07, 6.45) is 2.56. The van der Waals surface area contributed by atoms with Crippen molar-refractivity contribution < 1.29 is 8.42 Å². The van der Waals surface area contributed by atoms with Gasteiger partial charge in [-0.05, 0) is 30.5 Å². The standard InChI is InChI=1S/C12H18ClNO2S/c1-2-4-11-5-7-12(8-6-11)14-17(15,16)10-3-9-13/h5-8,14H,2-4,9-10H2,1H3. The van der Waals surface area contributed by atoms with Gasteiger partial charge in [0, 0.05) is 11.6 Å². The van der Waals surface area contributed by atoms with E-state index in [1.54, 1.807) is 12.1 Å². The van der Waals surface area contributed by atoms with E-state index in [-0.39, 0.29) is 5.75 Å². The van der Waals surface area contributed by atoms with Gasteiger partial charge in [-0.2, -0.15) is 0 Å². The molecule has 5 heteroatoms. The minimum absolute atomic E-state index is 0.0627. The van der Waals surface area contributed by atoms with Crippen LogP contribution in [0.2, 0.25) is 0 Å². The number of halogens is 1. The van der Waals surface area contributed by atoms with Gasteiger partial charge in [0.1, 0.15) is 0 Å². The van der Waals surface area contributed by atoms with Gasteiger partial charge in [0.2, 0.25) is 10.0 Å². The van der Waals surface area contributed by atoms with Crippen molar-refractivity contribution in [3.05, 3.63) is 29.8 Å². The van der Waals surface area contributed by atoms with E-state index in [2.05, 4.69) is 11.6 Å². The van der Waals surface area contributed by atoms with Gasteiger partial charge in [0.25, 0.3) is 0 Å². The number of hydrogen-bond donors (Lipinski definition) is 1. The first-order valence-electron chi connectivity index (χ1n) is 5.73. The van der Waals surface area contributed by atoms with Crippen molar-refractivity contribution in [3.63, 3.8) is 0 Å². The molecule has 17 heavy (non-hydrogen) atoms. The fourth-order valence-corrected chi connectivity index (χ4v) is 2.92. The molecular weight excluding hydrogens is 258 g/mol. The molecule has 0 aromatic heterocycles. The van der Waals surface area contributed by atoms with Crippen molar-refractivity contribution >= 4 is 27.3 Å². The third-order valence-corrected chi connectivity index (χ3v) is 3.95. The second kappa shape index (κ2) is 6.87. The molecule has 1 rings (SSSR count). The lowest BCUT2D eigenvalue weighted by Gasteiger charge is -2.07. The highest BCUT2D eigenvalue weighted by atomic mass is 35.5. The molecule has 0 aliphatic carbocycles. The molecule has 0 saturated heterocycles. The Hall–Kier alpha value is -0.740. The Morgan fingerprint density at radius 2 is 1.88 bits per heavy atom. The third kappa shape index (κ3) is 5.41. The zero-order chi connectivity index (χ0) is 12.7. The van der Waals surface area contributed by atoms with Crippen LogP contribution in [0.15, 0.2) is 24.3 Å². The smallest absolute Gasteiger partial charge is 0.232 e. The molecule has 1 N–H and O–H groups in total. The average Bonchev–Trinajstić information content (AvgIpc) is 2.29. The number of benzene rings is 1. The van der Waals surface area contributed by atoms with Crippen LogP contribution in [-0.4, -0.2) is 20.1 Å². The van der Waals surface area contributed by atoms with E-state index < -0.39 is 10.0 Å². The zero-order valence-corrected chi connectivity index (χ0v) is 11.5. The minimum Gasteiger partial charge on any atom is -0.284 e. The van der Waals surface area contributed by atoms with Gasteiger partial charge in [-0.3, -0.25) is 4.72 Å². The van der Waals surface area contributed by atoms with Crippen LogP contribution in [0, 0.1) is 0 Å². The van der Waals surface area contributed by atoms with Gasteiger partial charge in [-0.1, -0.05) is 25.5 Å². The summed E-state index contributed by atoms with van der Waals surface area (Å²) in [5.41, 5.74) is 1.83. The SMILES string of the molecule is CCCc1ccc(NS(=O)(=O)CCCCl)cc1. The molecule has 0 aliphatic rings. The molecule has 0 bridgehead atoms. The van der Waals surface area contributed by atoms with Crippen LogP contribution in [0.1, 0.15) is 25.3 Å². The highest BCUT2D eigenvalue weighted by molar-refractivity contribution is 7.92. The van der Waals surface area contributed by atoms with Crippen molar-refractivity contribution in [2.75, 3.05) is 16.4 Å². The third-order valence-electron chi connectivity index (χ3n) is 2.31. The lowest BCUT2D eigenvalue weighted by atomic mass is 10.1. The maximum absolute atomic E-state index is 11.6. The monoisotopic (exact) mass is 275 g/mol. The van der Waals surface area contributed by atoms with Crippen LogP contribution < -0.4 is 4.72 Å².